The Balaban J connectivity index is 2.14. The second-order valence-corrected chi connectivity index (χ2v) is 6.11. The Morgan fingerprint density at radius 3 is 2.50 bits per heavy atom. The molecule has 24 heavy (non-hydrogen) atoms. The van der Waals surface area contributed by atoms with E-state index in [0.29, 0.717) is 5.69 Å². The maximum atomic E-state index is 11.6. The smallest absolute Gasteiger partial charge is 0.412 e. The number of benzene rings is 2. The van der Waals surface area contributed by atoms with E-state index in [0.717, 1.165) is 22.3 Å². The standard InChI is InChI=1S/C19H18N2O3/c1-19(2)15-10-13(8-9-16(15)21-18(23)24-19)14(11-17(20)22)12-6-4-3-5-7-12/h3-11H,1-2H3,(H2,20,22)(H,21,23). The summed E-state index contributed by atoms with van der Waals surface area (Å²) in [7, 11) is 0. The summed E-state index contributed by atoms with van der Waals surface area (Å²) in [6, 6.07) is 15.1. The maximum Gasteiger partial charge on any atom is 0.412 e. The van der Waals surface area contributed by atoms with Crippen molar-refractivity contribution in [3.63, 3.8) is 0 Å². The van der Waals surface area contributed by atoms with Gasteiger partial charge >= 0.3 is 6.09 Å². The summed E-state index contributed by atoms with van der Waals surface area (Å²) >= 11 is 0. The number of amides is 2. The number of rotatable bonds is 3. The lowest BCUT2D eigenvalue weighted by Crippen LogP contribution is -2.34. The van der Waals surface area contributed by atoms with Gasteiger partial charge in [0.15, 0.2) is 0 Å². The Kier molecular flexibility index (Phi) is 3.85. The lowest BCUT2D eigenvalue weighted by Gasteiger charge is -2.33. The molecule has 2 aromatic carbocycles. The fourth-order valence-electron chi connectivity index (χ4n) is 2.83. The maximum absolute atomic E-state index is 11.6. The fraction of sp³-hybridized carbons (Fsp3) is 0.158. The second-order valence-electron chi connectivity index (χ2n) is 6.11. The van der Waals surface area contributed by atoms with Gasteiger partial charge in [0.05, 0.1) is 5.69 Å². The molecule has 2 amide bonds. The molecule has 0 spiro atoms. The Morgan fingerprint density at radius 2 is 1.83 bits per heavy atom. The third kappa shape index (κ3) is 3.01. The zero-order valence-electron chi connectivity index (χ0n) is 13.5. The van der Waals surface area contributed by atoms with Gasteiger partial charge in [-0.1, -0.05) is 36.4 Å². The van der Waals surface area contributed by atoms with Crippen LogP contribution in [0.5, 0.6) is 0 Å². The minimum Gasteiger partial charge on any atom is -0.438 e. The molecule has 0 unspecified atom stereocenters. The third-order valence-electron chi connectivity index (χ3n) is 3.94. The van der Waals surface area contributed by atoms with Crippen molar-refractivity contribution >= 4 is 23.3 Å². The molecule has 0 bridgehead atoms. The highest BCUT2D eigenvalue weighted by Gasteiger charge is 2.33. The highest BCUT2D eigenvalue weighted by atomic mass is 16.6. The fourth-order valence-corrected chi connectivity index (χ4v) is 2.83. The average Bonchev–Trinajstić information content (AvgIpc) is 2.52. The number of nitrogens with two attached hydrogens (primary N) is 1. The van der Waals surface area contributed by atoms with Crippen molar-refractivity contribution in [2.75, 3.05) is 5.32 Å². The van der Waals surface area contributed by atoms with Crippen LogP contribution in [0.25, 0.3) is 5.57 Å². The van der Waals surface area contributed by atoms with Gasteiger partial charge in [-0.3, -0.25) is 10.1 Å². The van der Waals surface area contributed by atoms with Crippen LogP contribution in [-0.4, -0.2) is 12.0 Å². The first-order valence-electron chi connectivity index (χ1n) is 7.58. The summed E-state index contributed by atoms with van der Waals surface area (Å²) in [5.74, 6) is -0.518. The summed E-state index contributed by atoms with van der Waals surface area (Å²) in [4.78, 5) is 23.1. The van der Waals surface area contributed by atoms with E-state index in [9.17, 15) is 9.59 Å². The van der Waals surface area contributed by atoms with Gasteiger partial charge in [-0.05, 0) is 42.7 Å². The molecule has 3 N–H and O–H groups in total. The summed E-state index contributed by atoms with van der Waals surface area (Å²) in [5.41, 5.74) is 8.59. The molecule has 1 heterocycles. The van der Waals surface area contributed by atoms with E-state index >= 15 is 0 Å². The number of nitrogens with one attached hydrogen (secondary N) is 1. The molecular formula is C19H18N2O3. The first-order valence-corrected chi connectivity index (χ1v) is 7.58. The molecule has 1 aliphatic rings. The lowest BCUT2D eigenvalue weighted by molar-refractivity contribution is -0.113. The Bertz CT molecular complexity index is 839. The van der Waals surface area contributed by atoms with Crippen molar-refractivity contribution in [2.45, 2.75) is 19.4 Å². The number of carbonyl (C=O) groups is 2. The van der Waals surface area contributed by atoms with Crippen LogP contribution in [0.3, 0.4) is 0 Å². The summed E-state index contributed by atoms with van der Waals surface area (Å²) < 4.78 is 5.36. The van der Waals surface area contributed by atoms with Gasteiger partial charge in [0.1, 0.15) is 5.60 Å². The van der Waals surface area contributed by atoms with Gasteiger partial charge < -0.3 is 10.5 Å². The van der Waals surface area contributed by atoms with Gasteiger partial charge in [-0.15, -0.1) is 0 Å². The molecule has 0 saturated heterocycles. The SMILES string of the molecule is CC1(C)OC(=O)Nc2ccc(C(=CC(N)=O)c3ccccc3)cc21. The van der Waals surface area contributed by atoms with Crippen LogP contribution in [-0.2, 0) is 15.1 Å². The number of carbonyl (C=O) groups excluding carboxylic acids is 2. The van der Waals surface area contributed by atoms with Crippen molar-refractivity contribution in [3.05, 3.63) is 71.3 Å². The number of cyclic esters (lactones) is 1. The molecule has 0 fully saturated rings. The number of hydrogen-bond donors (Lipinski definition) is 2. The van der Waals surface area contributed by atoms with E-state index in [4.69, 9.17) is 10.5 Å². The first-order chi connectivity index (χ1) is 11.4. The van der Waals surface area contributed by atoms with E-state index in [2.05, 4.69) is 5.32 Å². The number of anilines is 1. The molecule has 2 aromatic rings. The minimum absolute atomic E-state index is 0.476. The molecule has 5 nitrogen and oxygen atoms in total. The molecule has 5 heteroatoms. The van der Waals surface area contributed by atoms with Crippen LogP contribution in [0.1, 0.15) is 30.5 Å². The van der Waals surface area contributed by atoms with Crippen LogP contribution in [0.4, 0.5) is 10.5 Å². The Morgan fingerprint density at radius 1 is 1.12 bits per heavy atom. The zero-order valence-corrected chi connectivity index (χ0v) is 13.5. The molecule has 0 saturated carbocycles. The monoisotopic (exact) mass is 322 g/mol. The van der Waals surface area contributed by atoms with Gasteiger partial charge in [0.2, 0.25) is 5.91 Å². The van der Waals surface area contributed by atoms with Crippen molar-refractivity contribution in [3.8, 4) is 0 Å². The van der Waals surface area contributed by atoms with Crippen molar-refractivity contribution in [1.82, 2.24) is 0 Å². The number of primary amides is 1. The topological polar surface area (TPSA) is 81.4 Å². The average molecular weight is 322 g/mol. The predicted molar refractivity (Wildman–Crippen MR) is 92.3 cm³/mol. The van der Waals surface area contributed by atoms with Gasteiger partial charge in [-0.2, -0.15) is 0 Å². The van der Waals surface area contributed by atoms with Gasteiger partial charge in [0, 0.05) is 11.6 Å². The largest absolute Gasteiger partial charge is 0.438 e. The van der Waals surface area contributed by atoms with Crippen LogP contribution in [0, 0.1) is 0 Å². The van der Waals surface area contributed by atoms with E-state index < -0.39 is 17.6 Å². The van der Waals surface area contributed by atoms with Crippen molar-refractivity contribution < 1.29 is 14.3 Å². The van der Waals surface area contributed by atoms with Gasteiger partial charge in [0.25, 0.3) is 0 Å². The summed E-state index contributed by atoms with van der Waals surface area (Å²) in [6.07, 6.45) is 0.933. The predicted octanol–water partition coefficient (Wildman–Crippen LogP) is 3.40. The number of hydrogen-bond acceptors (Lipinski definition) is 3. The molecule has 3 rings (SSSR count). The molecular weight excluding hydrogens is 304 g/mol. The van der Waals surface area contributed by atoms with Crippen LogP contribution in [0.15, 0.2) is 54.6 Å². The second kappa shape index (κ2) is 5.85. The highest BCUT2D eigenvalue weighted by molar-refractivity contribution is 5.99. The summed E-state index contributed by atoms with van der Waals surface area (Å²) in [6.45, 7) is 3.66. The zero-order chi connectivity index (χ0) is 17.3. The normalized spacial score (nSPS) is 15.9. The van der Waals surface area contributed by atoms with Crippen LogP contribution >= 0.6 is 0 Å². The third-order valence-corrected chi connectivity index (χ3v) is 3.94. The van der Waals surface area contributed by atoms with Crippen LogP contribution < -0.4 is 11.1 Å². The van der Waals surface area contributed by atoms with E-state index in [1.165, 1.54) is 6.08 Å². The highest BCUT2D eigenvalue weighted by Crippen LogP contribution is 2.38. The number of ether oxygens (including phenoxy) is 1. The molecule has 122 valence electrons. The minimum atomic E-state index is -0.762. The van der Waals surface area contributed by atoms with Crippen molar-refractivity contribution in [1.29, 1.82) is 0 Å². The Labute approximate surface area is 140 Å². The lowest BCUT2D eigenvalue weighted by atomic mass is 9.89. The number of fused-ring (bicyclic) bond motifs is 1. The van der Waals surface area contributed by atoms with Crippen LogP contribution in [0.2, 0.25) is 0 Å². The Hall–Kier alpha value is -3.08. The quantitative estimate of drug-likeness (QED) is 0.850. The molecule has 1 aliphatic heterocycles. The molecule has 0 radical (unpaired) electrons. The van der Waals surface area contributed by atoms with Crippen molar-refractivity contribution in [2.24, 2.45) is 5.73 Å². The van der Waals surface area contributed by atoms with E-state index in [1.54, 1.807) is 0 Å². The van der Waals surface area contributed by atoms with E-state index in [-0.39, 0.29) is 0 Å². The van der Waals surface area contributed by atoms with E-state index in [1.807, 2.05) is 62.4 Å². The molecule has 0 aliphatic carbocycles. The van der Waals surface area contributed by atoms with Gasteiger partial charge in [-0.25, -0.2) is 4.79 Å². The molecule has 0 atom stereocenters. The first kappa shape index (κ1) is 15.8. The summed E-state index contributed by atoms with van der Waals surface area (Å²) in [5, 5.41) is 2.69. The molecule has 0 aromatic heterocycles.